The lowest BCUT2D eigenvalue weighted by atomic mass is 9.86. The summed E-state index contributed by atoms with van der Waals surface area (Å²) in [6.45, 7) is 6.87. The van der Waals surface area contributed by atoms with Crippen LogP contribution < -0.4 is 0 Å². The molecule has 0 spiro atoms. The Morgan fingerprint density at radius 2 is 2.00 bits per heavy atom. The van der Waals surface area contributed by atoms with Gasteiger partial charge in [-0.15, -0.1) is 0 Å². The van der Waals surface area contributed by atoms with E-state index in [1.54, 1.807) is 18.2 Å². The average Bonchev–Trinajstić information content (AvgIpc) is 2.48. The summed E-state index contributed by atoms with van der Waals surface area (Å²) in [7, 11) is 1.72. The first-order chi connectivity index (χ1) is 10.7. The highest BCUT2D eigenvalue weighted by Crippen LogP contribution is 2.30. The Morgan fingerprint density at radius 1 is 1.35 bits per heavy atom. The Labute approximate surface area is 142 Å². The number of hydrogen-bond donors (Lipinski definition) is 0. The summed E-state index contributed by atoms with van der Waals surface area (Å²) < 4.78 is 11.2. The summed E-state index contributed by atoms with van der Waals surface area (Å²) in [6, 6.07) is 3.76. The molecule has 0 aliphatic carbocycles. The van der Waals surface area contributed by atoms with Gasteiger partial charge in [-0.1, -0.05) is 11.6 Å². The van der Waals surface area contributed by atoms with Crippen LogP contribution in [0.1, 0.15) is 39.3 Å². The van der Waals surface area contributed by atoms with E-state index >= 15 is 0 Å². The van der Waals surface area contributed by atoms with Crippen molar-refractivity contribution >= 4 is 17.7 Å². The number of aromatic nitrogens is 1. The van der Waals surface area contributed by atoms with Gasteiger partial charge in [-0.2, -0.15) is 0 Å². The average molecular weight is 341 g/mol. The van der Waals surface area contributed by atoms with Crippen LogP contribution in [0.4, 0.5) is 4.79 Å². The number of carbonyl (C=O) groups excluding carboxylic acids is 1. The molecule has 6 heteroatoms. The van der Waals surface area contributed by atoms with Crippen molar-refractivity contribution < 1.29 is 14.3 Å². The van der Waals surface area contributed by atoms with Crippen LogP contribution in [0.2, 0.25) is 5.02 Å². The number of ether oxygens (including phenoxy) is 2. The molecule has 1 amide bonds. The van der Waals surface area contributed by atoms with Crippen molar-refractivity contribution in [2.45, 2.75) is 51.2 Å². The molecule has 1 aliphatic heterocycles. The second kappa shape index (κ2) is 7.05. The van der Waals surface area contributed by atoms with Crippen LogP contribution in [0.5, 0.6) is 0 Å². The fraction of sp³-hybridized carbons (Fsp3) is 0.647. The first-order valence-electron chi connectivity index (χ1n) is 7.87. The zero-order valence-corrected chi connectivity index (χ0v) is 15.0. The normalized spacial score (nSPS) is 17.9. The third-order valence-electron chi connectivity index (χ3n) is 4.05. The molecular weight excluding hydrogens is 316 g/mol. The first kappa shape index (κ1) is 18.0. The maximum absolute atomic E-state index is 12.1. The van der Waals surface area contributed by atoms with Crippen molar-refractivity contribution in [3.8, 4) is 0 Å². The molecule has 1 saturated heterocycles. The van der Waals surface area contributed by atoms with Crippen molar-refractivity contribution in [2.24, 2.45) is 0 Å². The van der Waals surface area contributed by atoms with E-state index in [0.29, 0.717) is 24.5 Å². The second-order valence-electron chi connectivity index (χ2n) is 7.00. The lowest BCUT2D eigenvalue weighted by molar-refractivity contribution is -0.0602. The van der Waals surface area contributed by atoms with Gasteiger partial charge in [0.15, 0.2) is 0 Å². The summed E-state index contributed by atoms with van der Waals surface area (Å²) >= 11 is 5.88. The summed E-state index contributed by atoms with van der Waals surface area (Å²) in [5.41, 5.74) is 0.182. The number of hydrogen-bond acceptors (Lipinski definition) is 4. The van der Waals surface area contributed by atoms with E-state index in [0.717, 1.165) is 18.5 Å². The molecule has 128 valence electrons. The van der Waals surface area contributed by atoms with Gasteiger partial charge in [-0.25, -0.2) is 4.79 Å². The monoisotopic (exact) mass is 340 g/mol. The van der Waals surface area contributed by atoms with E-state index in [1.807, 2.05) is 32.9 Å². The van der Waals surface area contributed by atoms with Crippen LogP contribution in [0.3, 0.4) is 0 Å². The first-order valence-corrected chi connectivity index (χ1v) is 8.24. The fourth-order valence-corrected chi connectivity index (χ4v) is 2.83. The minimum Gasteiger partial charge on any atom is -0.444 e. The Hall–Kier alpha value is -1.33. The van der Waals surface area contributed by atoms with Crippen LogP contribution in [0.25, 0.3) is 0 Å². The van der Waals surface area contributed by atoms with E-state index < -0.39 is 5.60 Å². The third-order valence-corrected chi connectivity index (χ3v) is 4.27. The van der Waals surface area contributed by atoms with Gasteiger partial charge >= 0.3 is 6.09 Å². The second-order valence-corrected chi connectivity index (χ2v) is 7.44. The molecule has 1 aromatic heterocycles. The van der Waals surface area contributed by atoms with Gasteiger partial charge in [-0.05, 0) is 45.7 Å². The minimum atomic E-state index is -0.472. The highest BCUT2D eigenvalue weighted by atomic mass is 35.5. The largest absolute Gasteiger partial charge is 0.444 e. The molecule has 2 heterocycles. The number of halogens is 1. The molecule has 0 saturated carbocycles. The highest BCUT2D eigenvalue weighted by Gasteiger charge is 2.37. The van der Waals surface area contributed by atoms with Gasteiger partial charge in [0.1, 0.15) is 5.60 Å². The number of nitrogens with zero attached hydrogens (tertiary/aromatic N) is 2. The quantitative estimate of drug-likeness (QED) is 0.842. The van der Waals surface area contributed by atoms with Crippen LogP contribution in [-0.2, 0) is 15.9 Å². The van der Waals surface area contributed by atoms with Gasteiger partial charge in [-0.3, -0.25) is 4.98 Å². The number of carbonyl (C=O) groups is 1. The summed E-state index contributed by atoms with van der Waals surface area (Å²) in [5, 5.41) is 0.625. The van der Waals surface area contributed by atoms with E-state index in [-0.39, 0.29) is 11.7 Å². The zero-order chi connectivity index (χ0) is 17.1. The van der Waals surface area contributed by atoms with E-state index in [9.17, 15) is 4.79 Å². The maximum Gasteiger partial charge on any atom is 0.410 e. The summed E-state index contributed by atoms with van der Waals surface area (Å²) in [5.74, 6) is 0. The van der Waals surface area contributed by atoms with Crippen LogP contribution in [0.15, 0.2) is 18.3 Å². The molecule has 5 nitrogen and oxygen atoms in total. The van der Waals surface area contributed by atoms with Gasteiger partial charge in [0.2, 0.25) is 0 Å². The minimum absolute atomic E-state index is 0.258. The van der Waals surface area contributed by atoms with Gasteiger partial charge in [0.25, 0.3) is 0 Å². The zero-order valence-electron chi connectivity index (χ0n) is 14.3. The molecule has 0 radical (unpaired) electrons. The molecule has 2 rings (SSSR count). The molecule has 1 aromatic rings. The molecule has 0 bridgehead atoms. The van der Waals surface area contributed by atoms with Crippen molar-refractivity contribution in [1.29, 1.82) is 0 Å². The number of piperidine rings is 1. The molecule has 1 fully saturated rings. The molecular formula is C17H25ClN2O3. The molecule has 0 atom stereocenters. The Morgan fingerprint density at radius 3 is 2.48 bits per heavy atom. The summed E-state index contributed by atoms with van der Waals surface area (Å²) in [4.78, 5) is 18.2. The summed E-state index contributed by atoms with van der Waals surface area (Å²) in [6.07, 6.45) is 3.62. The molecule has 0 N–H and O–H groups in total. The number of pyridine rings is 1. The van der Waals surface area contributed by atoms with E-state index in [4.69, 9.17) is 21.1 Å². The molecule has 0 unspecified atom stereocenters. The van der Waals surface area contributed by atoms with Crippen LogP contribution >= 0.6 is 11.6 Å². The predicted octanol–water partition coefficient (Wildman–Crippen LogP) is 3.69. The third kappa shape index (κ3) is 5.08. The number of rotatable bonds is 3. The highest BCUT2D eigenvalue weighted by molar-refractivity contribution is 6.30. The Bertz CT molecular complexity index is 532. The molecule has 1 aliphatic rings. The van der Waals surface area contributed by atoms with E-state index in [2.05, 4.69) is 4.98 Å². The topological polar surface area (TPSA) is 51.7 Å². The number of methoxy groups -OCH3 is 1. The lowest BCUT2D eigenvalue weighted by Crippen LogP contribution is -2.50. The van der Waals surface area contributed by atoms with Crippen molar-refractivity contribution in [1.82, 2.24) is 9.88 Å². The van der Waals surface area contributed by atoms with Crippen LogP contribution in [-0.4, -0.2) is 47.4 Å². The standard InChI is InChI=1S/C17H25ClN2O3/c1-16(2,3)23-15(21)20-9-7-17(22-4,8-10-20)11-14-6-5-13(18)12-19-14/h5-6,12H,7-11H2,1-4H3. The SMILES string of the molecule is COC1(Cc2ccc(Cl)cn2)CCN(C(=O)OC(C)(C)C)CC1. The fourth-order valence-electron chi connectivity index (χ4n) is 2.72. The Balaban J connectivity index is 1.96. The molecule has 0 aromatic carbocycles. The molecule has 23 heavy (non-hydrogen) atoms. The Kier molecular flexibility index (Phi) is 5.53. The van der Waals surface area contributed by atoms with Gasteiger partial charge in [0.05, 0.1) is 10.6 Å². The van der Waals surface area contributed by atoms with Crippen molar-refractivity contribution in [2.75, 3.05) is 20.2 Å². The lowest BCUT2D eigenvalue weighted by Gasteiger charge is -2.41. The van der Waals surface area contributed by atoms with Gasteiger partial charge < -0.3 is 14.4 Å². The van der Waals surface area contributed by atoms with Crippen molar-refractivity contribution in [3.63, 3.8) is 0 Å². The van der Waals surface area contributed by atoms with E-state index in [1.165, 1.54) is 0 Å². The van der Waals surface area contributed by atoms with Gasteiger partial charge in [0, 0.05) is 38.5 Å². The smallest absolute Gasteiger partial charge is 0.410 e. The number of likely N-dealkylation sites (tertiary alicyclic amines) is 1. The number of amides is 1. The maximum atomic E-state index is 12.1. The predicted molar refractivity (Wildman–Crippen MR) is 89.7 cm³/mol. The van der Waals surface area contributed by atoms with Crippen molar-refractivity contribution in [3.05, 3.63) is 29.0 Å². The van der Waals surface area contributed by atoms with Crippen LogP contribution in [0, 0.1) is 0 Å².